The fraction of sp³-hybridized carbons (Fsp3) is 0.455. The van der Waals surface area contributed by atoms with E-state index in [1.54, 1.807) is 6.07 Å². The number of nitrogens with one attached hydrogen (secondary N) is 1. The molecule has 0 aliphatic carbocycles. The average Bonchev–Trinajstić information content (AvgIpc) is 2.69. The summed E-state index contributed by atoms with van der Waals surface area (Å²) >= 11 is 11.8. The SMILES string of the molecule is Cl.Clc1ccc(CO[C@H]2CCNC2)c(Cl)c1. The van der Waals surface area contributed by atoms with E-state index >= 15 is 0 Å². The quantitative estimate of drug-likeness (QED) is 0.918. The maximum atomic E-state index is 6.03. The van der Waals surface area contributed by atoms with Crippen molar-refractivity contribution in [3.63, 3.8) is 0 Å². The first-order valence-corrected chi connectivity index (χ1v) is 5.77. The fourth-order valence-electron chi connectivity index (χ4n) is 1.62. The zero-order valence-electron chi connectivity index (χ0n) is 8.71. The van der Waals surface area contributed by atoms with E-state index in [9.17, 15) is 0 Å². The Balaban J connectivity index is 0.00000128. The van der Waals surface area contributed by atoms with Crippen LogP contribution in [0.15, 0.2) is 18.2 Å². The molecule has 1 aliphatic rings. The Morgan fingerprint density at radius 1 is 1.38 bits per heavy atom. The highest BCUT2D eigenvalue weighted by Crippen LogP contribution is 2.22. The van der Waals surface area contributed by atoms with Crippen LogP contribution >= 0.6 is 35.6 Å². The van der Waals surface area contributed by atoms with Gasteiger partial charge in [-0.15, -0.1) is 12.4 Å². The lowest BCUT2D eigenvalue weighted by molar-refractivity contribution is 0.0543. The third-order valence-corrected chi connectivity index (χ3v) is 3.09. The molecule has 0 amide bonds. The van der Waals surface area contributed by atoms with Crippen LogP contribution in [-0.4, -0.2) is 19.2 Å². The van der Waals surface area contributed by atoms with Gasteiger partial charge in [0.05, 0.1) is 12.7 Å². The molecule has 1 N–H and O–H groups in total. The lowest BCUT2D eigenvalue weighted by Gasteiger charge is -2.11. The molecule has 5 heteroatoms. The van der Waals surface area contributed by atoms with Crippen molar-refractivity contribution in [2.45, 2.75) is 19.1 Å². The Kier molecular flexibility index (Phi) is 5.87. The number of hydrogen-bond donors (Lipinski definition) is 1. The molecule has 0 spiro atoms. The molecule has 2 rings (SSSR count). The molecular formula is C11H14Cl3NO. The molecule has 2 nitrogen and oxygen atoms in total. The largest absolute Gasteiger partial charge is 0.372 e. The van der Waals surface area contributed by atoms with Gasteiger partial charge < -0.3 is 10.1 Å². The molecule has 1 aromatic rings. The summed E-state index contributed by atoms with van der Waals surface area (Å²) in [4.78, 5) is 0. The predicted molar refractivity (Wildman–Crippen MR) is 69.8 cm³/mol. The number of rotatable bonds is 3. The van der Waals surface area contributed by atoms with Crippen molar-refractivity contribution in [2.24, 2.45) is 0 Å². The average molecular weight is 283 g/mol. The first-order chi connectivity index (χ1) is 7.25. The van der Waals surface area contributed by atoms with E-state index in [-0.39, 0.29) is 12.4 Å². The van der Waals surface area contributed by atoms with Crippen LogP contribution in [0.3, 0.4) is 0 Å². The first kappa shape index (κ1) is 14.1. The van der Waals surface area contributed by atoms with Crippen molar-refractivity contribution in [2.75, 3.05) is 13.1 Å². The Morgan fingerprint density at radius 3 is 2.81 bits per heavy atom. The monoisotopic (exact) mass is 281 g/mol. The molecule has 90 valence electrons. The van der Waals surface area contributed by atoms with Gasteiger partial charge in [0, 0.05) is 16.6 Å². The van der Waals surface area contributed by atoms with Gasteiger partial charge >= 0.3 is 0 Å². The molecule has 1 fully saturated rings. The lowest BCUT2D eigenvalue weighted by Crippen LogP contribution is -2.16. The van der Waals surface area contributed by atoms with Crippen LogP contribution in [-0.2, 0) is 11.3 Å². The highest BCUT2D eigenvalue weighted by molar-refractivity contribution is 6.35. The van der Waals surface area contributed by atoms with Crippen molar-refractivity contribution in [3.8, 4) is 0 Å². The minimum Gasteiger partial charge on any atom is -0.372 e. The third-order valence-electron chi connectivity index (χ3n) is 2.50. The Morgan fingerprint density at radius 2 is 2.19 bits per heavy atom. The highest BCUT2D eigenvalue weighted by atomic mass is 35.5. The topological polar surface area (TPSA) is 21.3 Å². The van der Waals surface area contributed by atoms with Gasteiger partial charge in [0.15, 0.2) is 0 Å². The van der Waals surface area contributed by atoms with Crippen molar-refractivity contribution in [1.29, 1.82) is 0 Å². The van der Waals surface area contributed by atoms with Gasteiger partial charge in [-0.05, 0) is 30.7 Å². The second-order valence-electron chi connectivity index (χ2n) is 3.66. The molecular weight excluding hydrogens is 268 g/mol. The Bertz CT molecular complexity index is 340. The standard InChI is InChI=1S/C11H13Cl2NO.ClH/c12-9-2-1-8(11(13)5-9)7-15-10-3-4-14-6-10;/h1-2,5,10,14H,3-4,6-7H2;1H/t10-;/m0./s1. The van der Waals surface area contributed by atoms with Gasteiger partial charge in [0.25, 0.3) is 0 Å². The van der Waals surface area contributed by atoms with Gasteiger partial charge in [0.2, 0.25) is 0 Å². The van der Waals surface area contributed by atoms with Gasteiger partial charge in [-0.25, -0.2) is 0 Å². The van der Waals surface area contributed by atoms with E-state index in [0.29, 0.717) is 22.8 Å². The number of halogens is 3. The van der Waals surface area contributed by atoms with Crippen LogP contribution in [0, 0.1) is 0 Å². The van der Waals surface area contributed by atoms with Crippen LogP contribution in [0.1, 0.15) is 12.0 Å². The van der Waals surface area contributed by atoms with Gasteiger partial charge in [-0.1, -0.05) is 29.3 Å². The van der Waals surface area contributed by atoms with Crippen molar-refractivity contribution in [1.82, 2.24) is 5.32 Å². The molecule has 1 atom stereocenters. The van der Waals surface area contributed by atoms with E-state index in [4.69, 9.17) is 27.9 Å². The number of benzene rings is 1. The first-order valence-electron chi connectivity index (χ1n) is 5.02. The summed E-state index contributed by atoms with van der Waals surface area (Å²) in [7, 11) is 0. The smallest absolute Gasteiger partial charge is 0.0735 e. The molecule has 0 unspecified atom stereocenters. The molecule has 0 saturated carbocycles. The molecule has 1 saturated heterocycles. The van der Waals surface area contributed by atoms with E-state index in [1.165, 1.54) is 0 Å². The molecule has 0 bridgehead atoms. The zero-order valence-corrected chi connectivity index (χ0v) is 11.0. The maximum Gasteiger partial charge on any atom is 0.0735 e. The second kappa shape index (κ2) is 6.67. The maximum absolute atomic E-state index is 6.03. The summed E-state index contributed by atoms with van der Waals surface area (Å²) in [5.74, 6) is 0. The molecule has 1 aliphatic heterocycles. The molecule has 16 heavy (non-hydrogen) atoms. The van der Waals surface area contributed by atoms with Crippen LogP contribution < -0.4 is 5.32 Å². The molecule has 1 heterocycles. The van der Waals surface area contributed by atoms with E-state index < -0.39 is 0 Å². The summed E-state index contributed by atoms with van der Waals surface area (Å²) in [6.45, 7) is 2.53. The van der Waals surface area contributed by atoms with Crippen molar-refractivity contribution >= 4 is 35.6 Å². The van der Waals surface area contributed by atoms with Crippen LogP contribution in [0.5, 0.6) is 0 Å². The van der Waals surface area contributed by atoms with Crippen LogP contribution in [0.25, 0.3) is 0 Å². The number of hydrogen-bond acceptors (Lipinski definition) is 2. The molecule has 0 radical (unpaired) electrons. The molecule has 1 aromatic carbocycles. The number of ether oxygens (including phenoxy) is 1. The van der Waals surface area contributed by atoms with E-state index in [2.05, 4.69) is 5.32 Å². The summed E-state index contributed by atoms with van der Waals surface area (Å²) < 4.78 is 5.72. The summed E-state index contributed by atoms with van der Waals surface area (Å²) in [5.41, 5.74) is 0.993. The van der Waals surface area contributed by atoms with Gasteiger partial charge in [-0.2, -0.15) is 0 Å². The minimum atomic E-state index is 0. The van der Waals surface area contributed by atoms with Crippen molar-refractivity contribution < 1.29 is 4.74 Å². The van der Waals surface area contributed by atoms with E-state index in [1.807, 2.05) is 12.1 Å². The summed E-state index contributed by atoms with van der Waals surface area (Å²) in [5, 5.41) is 4.59. The van der Waals surface area contributed by atoms with Crippen LogP contribution in [0.4, 0.5) is 0 Å². The van der Waals surface area contributed by atoms with Crippen molar-refractivity contribution in [3.05, 3.63) is 33.8 Å². The van der Waals surface area contributed by atoms with Crippen LogP contribution in [0.2, 0.25) is 10.0 Å². The summed E-state index contributed by atoms with van der Waals surface area (Å²) in [6.07, 6.45) is 1.39. The second-order valence-corrected chi connectivity index (χ2v) is 4.51. The fourth-order valence-corrected chi connectivity index (χ4v) is 2.08. The third kappa shape index (κ3) is 3.79. The zero-order chi connectivity index (χ0) is 10.7. The lowest BCUT2D eigenvalue weighted by atomic mass is 10.2. The Labute approximate surface area is 112 Å². The van der Waals surface area contributed by atoms with Gasteiger partial charge in [0.1, 0.15) is 0 Å². The minimum absolute atomic E-state index is 0. The Hall–Kier alpha value is 0.01000. The summed E-state index contributed by atoms with van der Waals surface area (Å²) in [6, 6.07) is 5.49. The van der Waals surface area contributed by atoms with E-state index in [0.717, 1.165) is 25.1 Å². The highest BCUT2D eigenvalue weighted by Gasteiger charge is 2.15. The normalized spacial score (nSPS) is 19.5. The molecule has 0 aromatic heterocycles. The predicted octanol–water partition coefficient (Wildman–Crippen LogP) is 3.29. The van der Waals surface area contributed by atoms with Gasteiger partial charge in [-0.3, -0.25) is 0 Å².